The zero-order valence-corrected chi connectivity index (χ0v) is 23.3. The Morgan fingerprint density at radius 1 is 1.00 bits per heavy atom. The standard InChI is InChI=1S/C29H36N4O7/c1-38-15-7-12-30-27(35)21-10-8-20(9-11-21)18-33-28(36)22-16-24(39-2)25(40-3)17-23(22)32(29(33)37)19-26(34)31-13-5-4-6-14-31/h8-11,16-17,22H,4-7,12-15,18-19H2,1-3H3/p+1. The van der Waals surface area contributed by atoms with Gasteiger partial charge in [-0.25, -0.2) is 4.79 Å². The van der Waals surface area contributed by atoms with Gasteiger partial charge in [-0.1, -0.05) is 12.1 Å². The van der Waals surface area contributed by atoms with E-state index in [-0.39, 0.29) is 24.9 Å². The number of urea groups is 1. The van der Waals surface area contributed by atoms with E-state index in [0.717, 1.165) is 24.2 Å². The lowest BCUT2D eigenvalue weighted by atomic mass is 9.92. The molecule has 214 valence electrons. The van der Waals surface area contributed by atoms with Crippen LogP contribution in [0.3, 0.4) is 0 Å². The van der Waals surface area contributed by atoms with Crippen LogP contribution < -0.4 is 5.32 Å². The van der Waals surface area contributed by atoms with Gasteiger partial charge in [0, 0.05) is 45.0 Å². The summed E-state index contributed by atoms with van der Waals surface area (Å²) in [6.45, 7) is 2.17. The maximum absolute atomic E-state index is 13.7. The topological polar surface area (TPSA) is 117 Å². The number of ether oxygens (including phenoxy) is 3. The molecular weight excluding hydrogens is 516 g/mol. The smallest absolute Gasteiger partial charge is 0.493 e. The Morgan fingerprint density at radius 3 is 2.35 bits per heavy atom. The Labute approximate surface area is 234 Å². The molecule has 11 nitrogen and oxygen atoms in total. The minimum Gasteiger partial charge on any atom is -0.493 e. The van der Waals surface area contributed by atoms with Gasteiger partial charge in [-0.15, -0.1) is 0 Å². The number of hydrogen-bond acceptors (Lipinski definition) is 7. The second-order valence-corrected chi connectivity index (χ2v) is 9.88. The van der Waals surface area contributed by atoms with E-state index in [2.05, 4.69) is 5.32 Å². The van der Waals surface area contributed by atoms with Crippen molar-refractivity contribution in [3.63, 3.8) is 0 Å². The number of fused-ring (bicyclic) bond motifs is 1. The molecule has 40 heavy (non-hydrogen) atoms. The number of carbonyl (C=O) groups is 4. The second kappa shape index (κ2) is 13.4. The maximum atomic E-state index is 13.7. The molecule has 1 saturated heterocycles. The van der Waals surface area contributed by atoms with Gasteiger partial charge >= 0.3 is 11.9 Å². The van der Waals surface area contributed by atoms with Crippen LogP contribution in [-0.2, 0) is 30.3 Å². The van der Waals surface area contributed by atoms with Crippen LogP contribution in [0.1, 0.15) is 41.6 Å². The molecule has 1 fully saturated rings. The molecule has 0 saturated carbocycles. The molecule has 1 unspecified atom stereocenters. The second-order valence-electron chi connectivity index (χ2n) is 9.88. The van der Waals surface area contributed by atoms with Crippen molar-refractivity contribution in [3.8, 4) is 0 Å². The third-order valence-electron chi connectivity index (χ3n) is 7.27. The summed E-state index contributed by atoms with van der Waals surface area (Å²) in [5.74, 6) is -0.880. The fraction of sp³-hybridized carbons (Fsp3) is 0.483. The number of methoxy groups -OCH3 is 3. The molecule has 5 amide bonds. The predicted octanol–water partition coefficient (Wildman–Crippen LogP) is 2.07. The summed E-state index contributed by atoms with van der Waals surface area (Å²) >= 11 is 0. The molecular formula is C29H37N4O7+. The fourth-order valence-electron chi connectivity index (χ4n) is 5.05. The molecule has 11 heteroatoms. The number of hydrogen-bond donors (Lipinski definition) is 1. The molecule has 1 N–H and O–H groups in total. The monoisotopic (exact) mass is 553 g/mol. The van der Waals surface area contributed by atoms with Crippen LogP contribution in [0.5, 0.6) is 0 Å². The normalized spacial score (nSPS) is 19.1. The number of piperidine rings is 1. The lowest BCUT2D eigenvalue weighted by Crippen LogP contribution is -2.56. The van der Waals surface area contributed by atoms with Crippen molar-refractivity contribution in [2.75, 3.05) is 54.1 Å². The first-order chi connectivity index (χ1) is 19.4. The lowest BCUT2D eigenvalue weighted by Gasteiger charge is -2.30. The van der Waals surface area contributed by atoms with Gasteiger partial charge in [0.2, 0.25) is 0 Å². The third-order valence-corrected chi connectivity index (χ3v) is 7.27. The molecule has 1 aliphatic carbocycles. The van der Waals surface area contributed by atoms with Gasteiger partial charge in [-0.05, 0) is 49.5 Å². The number of nitrogens with zero attached hydrogens (tertiary/aromatic N) is 3. The molecule has 3 aliphatic rings. The number of carbonyl (C=O) groups excluding carboxylic acids is 4. The highest BCUT2D eigenvalue weighted by Crippen LogP contribution is 2.28. The summed E-state index contributed by atoms with van der Waals surface area (Å²) in [6, 6.07) is 6.17. The van der Waals surface area contributed by atoms with Crippen LogP contribution in [0.4, 0.5) is 4.79 Å². The average Bonchev–Trinajstić information content (AvgIpc) is 2.99. The molecule has 1 aromatic carbocycles. The summed E-state index contributed by atoms with van der Waals surface area (Å²) in [7, 11) is 4.57. The summed E-state index contributed by atoms with van der Waals surface area (Å²) in [5, 5.41) is 2.83. The Balaban J connectivity index is 1.58. The van der Waals surface area contributed by atoms with Gasteiger partial charge in [0.15, 0.2) is 18.1 Å². The van der Waals surface area contributed by atoms with E-state index in [1.54, 1.807) is 48.4 Å². The van der Waals surface area contributed by atoms with Crippen LogP contribution in [0, 0.1) is 5.92 Å². The van der Waals surface area contributed by atoms with Gasteiger partial charge in [0.25, 0.3) is 11.8 Å². The Hall–Kier alpha value is -3.99. The summed E-state index contributed by atoms with van der Waals surface area (Å²) < 4.78 is 17.2. The highest BCUT2D eigenvalue weighted by Gasteiger charge is 2.49. The molecule has 0 aromatic heterocycles. The Kier molecular flexibility index (Phi) is 9.70. The number of imide groups is 1. The number of benzene rings is 1. The van der Waals surface area contributed by atoms with E-state index in [0.29, 0.717) is 61.0 Å². The molecule has 1 aromatic rings. The van der Waals surface area contributed by atoms with E-state index < -0.39 is 17.9 Å². The van der Waals surface area contributed by atoms with Gasteiger partial charge in [0.1, 0.15) is 18.2 Å². The fourth-order valence-corrected chi connectivity index (χ4v) is 5.05. The highest BCUT2D eigenvalue weighted by atomic mass is 16.5. The van der Waals surface area contributed by atoms with Crippen LogP contribution in [-0.4, -0.2) is 98.0 Å². The van der Waals surface area contributed by atoms with E-state index in [1.165, 1.54) is 18.8 Å². The molecule has 0 spiro atoms. The van der Waals surface area contributed by atoms with Crippen molar-refractivity contribution in [1.82, 2.24) is 15.1 Å². The zero-order valence-electron chi connectivity index (χ0n) is 23.3. The summed E-state index contributed by atoms with van der Waals surface area (Å²) in [5.41, 5.74) is 1.53. The molecule has 2 heterocycles. The minimum atomic E-state index is -0.821. The van der Waals surface area contributed by atoms with Crippen LogP contribution >= 0.6 is 0 Å². The van der Waals surface area contributed by atoms with E-state index >= 15 is 0 Å². The predicted molar refractivity (Wildman–Crippen MR) is 145 cm³/mol. The number of likely N-dealkylation sites (tertiary alicyclic amines) is 1. The quantitative estimate of drug-likeness (QED) is 0.329. The molecule has 4 rings (SSSR count). The molecule has 0 radical (unpaired) electrons. The Bertz CT molecular complexity index is 1230. The third kappa shape index (κ3) is 6.41. The van der Waals surface area contributed by atoms with Crippen molar-refractivity contribution in [3.05, 3.63) is 59.1 Å². The Morgan fingerprint density at radius 2 is 1.70 bits per heavy atom. The number of allylic oxidation sites excluding steroid dienone is 1. The number of nitrogens with one attached hydrogen (secondary N) is 1. The zero-order chi connectivity index (χ0) is 28.6. The van der Waals surface area contributed by atoms with Gasteiger partial charge in [0.05, 0.1) is 14.2 Å². The first-order valence-electron chi connectivity index (χ1n) is 13.5. The highest BCUT2D eigenvalue weighted by molar-refractivity contribution is 6.17. The minimum absolute atomic E-state index is 0.0113. The maximum Gasteiger partial charge on any atom is 0.501 e. The van der Waals surface area contributed by atoms with Crippen molar-refractivity contribution in [2.45, 2.75) is 32.2 Å². The van der Waals surface area contributed by atoms with Crippen molar-refractivity contribution in [1.29, 1.82) is 0 Å². The van der Waals surface area contributed by atoms with Crippen molar-refractivity contribution >= 4 is 29.5 Å². The first-order valence-corrected chi connectivity index (χ1v) is 13.5. The van der Waals surface area contributed by atoms with E-state index in [9.17, 15) is 19.2 Å². The lowest BCUT2D eigenvalue weighted by molar-refractivity contribution is -0.430. The van der Waals surface area contributed by atoms with Crippen LogP contribution in [0.15, 0.2) is 47.9 Å². The van der Waals surface area contributed by atoms with E-state index in [1.807, 2.05) is 0 Å². The first kappa shape index (κ1) is 29.0. The van der Waals surface area contributed by atoms with Gasteiger partial charge in [-0.2, -0.15) is 14.3 Å². The summed E-state index contributed by atoms with van der Waals surface area (Å²) in [4.78, 5) is 55.9. The van der Waals surface area contributed by atoms with Gasteiger partial charge in [-0.3, -0.25) is 9.59 Å². The number of rotatable bonds is 11. The van der Waals surface area contributed by atoms with Crippen molar-refractivity contribution < 1.29 is 38.0 Å². The van der Waals surface area contributed by atoms with E-state index in [4.69, 9.17) is 14.2 Å². The van der Waals surface area contributed by atoms with Crippen molar-refractivity contribution in [2.24, 2.45) is 5.92 Å². The largest absolute Gasteiger partial charge is 0.501 e. The summed E-state index contributed by atoms with van der Waals surface area (Å²) in [6.07, 6.45) is 6.85. The van der Waals surface area contributed by atoms with Gasteiger partial charge < -0.3 is 24.4 Å². The van der Waals surface area contributed by atoms with Crippen LogP contribution in [0.2, 0.25) is 0 Å². The molecule has 1 atom stereocenters. The number of amides is 5. The average molecular weight is 554 g/mol. The molecule has 0 bridgehead atoms. The molecule has 2 aliphatic heterocycles. The van der Waals surface area contributed by atoms with Crippen LogP contribution in [0.25, 0.3) is 0 Å². The SMILES string of the molecule is COCCCNC(=O)c1ccc(CN2C(=O)C3C=C(OC)C(OC)=CC3=[N+](CC(=O)N3CCCCC3)C2=O)cc1.